The third-order valence-corrected chi connectivity index (χ3v) is 6.37. The van der Waals surface area contributed by atoms with Gasteiger partial charge in [-0.25, -0.2) is 19.2 Å². The number of rotatable bonds is 5. The van der Waals surface area contributed by atoms with E-state index >= 15 is 0 Å². The monoisotopic (exact) mass is 486 g/mol. The molecule has 2 aromatic carbocycles. The second-order valence-electron chi connectivity index (χ2n) is 8.92. The maximum absolute atomic E-state index is 13.6. The summed E-state index contributed by atoms with van der Waals surface area (Å²) in [4.78, 5) is 38.9. The van der Waals surface area contributed by atoms with Crippen LogP contribution in [0.4, 0.5) is 15.0 Å². The van der Waals surface area contributed by atoms with Crippen molar-refractivity contribution in [3.05, 3.63) is 99.7 Å². The maximum Gasteiger partial charge on any atom is 0.317 e. The Labute approximate surface area is 208 Å². The fraction of sp³-hybridized carbons (Fsp3) is 0.259. The van der Waals surface area contributed by atoms with Gasteiger partial charge in [-0.15, -0.1) is 0 Å². The molecule has 184 valence electrons. The number of anilines is 1. The van der Waals surface area contributed by atoms with Crippen molar-refractivity contribution in [2.75, 3.05) is 31.1 Å². The fourth-order valence-corrected chi connectivity index (χ4v) is 4.30. The van der Waals surface area contributed by atoms with Crippen molar-refractivity contribution < 1.29 is 9.18 Å². The second-order valence-corrected chi connectivity index (χ2v) is 8.92. The van der Waals surface area contributed by atoms with Gasteiger partial charge in [-0.05, 0) is 42.3 Å². The van der Waals surface area contributed by atoms with Crippen molar-refractivity contribution in [3.8, 4) is 0 Å². The van der Waals surface area contributed by atoms with Crippen LogP contribution in [0.25, 0.3) is 11.2 Å². The Morgan fingerprint density at radius 3 is 2.39 bits per heavy atom. The Morgan fingerprint density at radius 2 is 1.67 bits per heavy atom. The van der Waals surface area contributed by atoms with Gasteiger partial charge < -0.3 is 15.1 Å². The first-order chi connectivity index (χ1) is 17.5. The highest BCUT2D eigenvalue weighted by Crippen LogP contribution is 2.16. The van der Waals surface area contributed by atoms with E-state index in [4.69, 9.17) is 0 Å². The number of aromatic nitrogens is 3. The van der Waals surface area contributed by atoms with Crippen LogP contribution in [-0.2, 0) is 13.1 Å². The summed E-state index contributed by atoms with van der Waals surface area (Å²) >= 11 is 0. The first-order valence-corrected chi connectivity index (χ1v) is 11.9. The van der Waals surface area contributed by atoms with E-state index in [9.17, 15) is 14.0 Å². The van der Waals surface area contributed by atoms with Gasteiger partial charge >= 0.3 is 6.03 Å². The van der Waals surface area contributed by atoms with Crippen LogP contribution < -0.4 is 15.8 Å². The Morgan fingerprint density at radius 1 is 0.972 bits per heavy atom. The predicted octanol–water partition coefficient (Wildman–Crippen LogP) is 3.32. The zero-order chi connectivity index (χ0) is 25.1. The molecule has 3 heterocycles. The number of urea groups is 1. The average molecular weight is 487 g/mol. The molecule has 0 atom stereocenters. The largest absolute Gasteiger partial charge is 0.348 e. The lowest BCUT2D eigenvalue weighted by Crippen LogP contribution is -2.53. The van der Waals surface area contributed by atoms with Crippen LogP contribution in [0, 0.1) is 12.7 Å². The highest BCUT2D eigenvalue weighted by Gasteiger charge is 2.25. The highest BCUT2D eigenvalue weighted by atomic mass is 19.1. The molecule has 0 spiro atoms. The number of aryl methyl sites for hydroxylation is 1. The number of nitrogens with one attached hydrogen (secondary N) is 1. The van der Waals surface area contributed by atoms with Crippen LogP contribution >= 0.6 is 0 Å². The molecule has 1 saturated heterocycles. The van der Waals surface area contributed by atoms with Crippen LogP contribution in [-0.4, -0.2) is 51.6 Å². The van der Waals surface area contributed by atoms with E-state index < -0.39 is 0 Å². The van der Waals surface area contributed by atoms with Crippen LogP contribution in [0.2, 0.25) is 0 Å². The van der Waals surface area contributed by atoms with Gasteiger partial charge in [-0.1, -0.05) is 42.0 Å². The number of halogens is 1. The number of hydrogen-bond acceptors (Lipinski definition) is 5. The van der Waals surface area contributed by atoms with Crippen molar-refractivity contribution in [3.63, 3.8) is 0 Å². The van der Waals surface area contributed by atoms with Crippen LogP contribution in [0.5, 0.6) is 0 Å². The number of carbonyl (C=O) groups excluding carboxylic acids is 1. The van der Waals surface area contributed by atoms with Crippen LogP contribution in [0.15, 0.2) is 71.7 Å². The zero-order valence-electron chi connectivity index (χ0n) is 20.0. The summed E-state index contributed by atoms with van der Waals surface area (Å²) in [5.41, 5.74) is 3.99. The number of amides is 2. The predicted molar refractivity (Wildman–Crippen MR) is 137 cm³/mol. The van der Waals surface area contributed by atoms with Gasteiger partial charge in [-0.2, -0.15) is 0 Å². The molecule has 9 heteroatoms. The molecule has 4 aromatic rings. The minimum Gasteiger partial charge on any atom is -0.348 e. The first-order valence-electron chi connectivity index (χ1n) is 11.9. The molecular weight excluding hydrogens is 459 g/mol. The first kappa shape index (κ1) is 23.5. The molecule has 8 nitrogen and oxygen atoms in total. The summed E-state index contributed by atoms with van der Waals surface area (Å²) in [5, 5.41) is 2.87. The van der Waals surface area contributed by atoms with Crippen molar-refractivity contribution in [2.45, 2.75) is 20.0 Å². The molecule has 36 heavy (non-hydrogen) atoms. The van der Waals surface area contributed by atoms with Crippen LogP contribution in [0.3, 0.4) is 0 Å². The van der Waals surface area contributed by atoms with E-state index in [1.807, 2.05) is 48.2 Å². The number of nitrogens with zero attached hydrogens (tertiary/aromatic N) is 5. The van der Waals surface area contributed by atoms with E-state index in [1.54, 1.807) is 27.8 Å². The minimum atomic E-state index is -0.308. The van der Waals surface area contributed by atoms with Gasteiger partial charge in [-0.3, -0.25) is 9.36 Å². The minimum absolute atomic E-state index is 0.188. The average Bonchev–Trinajstić information content (AvgIpc) is 2.91. The third-order valence-electron chi connectivity index (χ3n) is 6.37. The third kappa shape index (κ3) is 5.05. The second kappa shape index (κ2) is 10.2. The van der Waals surface area contributed by atoms with E-state index in [2.05, 4.69) is 15.3 Å². The van der Waals surface area contributed by atoms with E-state index in [1.165, 1.54) is 12.1 Å². The topological polar surface area (TPSA) is 83.4 Å². The number of benzene rings is 2. The number of hydrogen-bond donors (Lipinski definition) is 1. The molecule has 1 aliphatic heterocycles. The molecule has 0 unspecified atom stereocenters. The van der Waals surface area contributed by atoms with E-state index in [-0.39, 0.29) is 17.4 Å². The van der Waals surface area contributed by atoms with Crippen molar-refractivity contribution in [1.82, 2.24) is 24.8 Å². The van der Waals surface area contributed by atoms with Crippen LogP contribution in [0.1, 0.15) is 16.7 Å². The molecule has 0 saturated carbocycles. The lowest BCUT2D eigenvalue weighted by atomic mass is 10.1. The Kier molecular flexibility index (Phi) is 6.62. The van der Waals surface area contributed by atoms with E-state index in [0.29, 0.717) is 56.3 Å². The fourth-order valence-electron chi connectivity index (χ4n) is 4.30. The molecule has 0 aliphatic carbocycles. The zero-order valence-corrected chi connectivity index (χ0v) is 20.0. The number of piperazine rings is 1. The quantitative estimate of drug-likeness (QED) is 0.468. The van der Waals surface area contributed by atoms with Gasteiger partial charge in [0.05, 0.1) is 6.54 Å². The lowest BCUT2D eigenvalue weighted by molar-refractivity contribution is 0.193. The maximum atomic E-state index is 13.6. The molecule has 2 amide bonds. The van der Waals surface area contributed by atoms with Gasteiger partial charge in [0.1, 0.15) is 11.3 Å². The number of pyridine rings is 1. The summed E-state index contributed by atoms with van der Waals surface area (Å²) in [7, 11) is 0. The molecule has 1 N–H and O–H groups in total. The summed E-state index contributed by atoms with van der Waals surface area (Å²) in [6.45, 7) is 4.64. The summed E-state index contributed by atoms with van der Waals surface area (Å²) in [6, 6.07) is 17.6. The van der Waals surface area contributed by atoms with Crippen molar-refractivity contribution in [2.24, 2.45) is 0 Å². The van der Waals surface area contributed by atoms with Gasteiger partial charge in [0.15, 0.2) is 11.5 Å². The summed E-state index contributed by atoms with van der Waals surface area (Å²) in [6.07, 6.45) is 1.66. The van der Waals surface area contributed by atoms with Gasteiger partial charge in [0.25, 0.3) is 5.56 Å². The van der Waals surface area contributed by atoms with E-state index in [0.717, 1.165) is 16.7 Å². The Hall–Kier alpha value is -4.27. The van der Waals surface area contributed by atoms with Gasteiger partial charge in [0, 0.05) is 38.9 Å². The molecular formula is C27H27FN6O2. The Bertz CT molecular complexity index is 1430. The molecule has 1 aliphatic rings. The van der Waals surface area contributed by atoms with Crippen molar-refractivity contribution >= 4 is 23.0 Å². The summed E-state index contributed by atoms with van der Waals surface area (Å²) < 4.78 is 14.8. The SMILES string of the molecule is Cc1ccc(Cn2c(=O)c(N3CCN(C(=O)NCc4ccc(F)cc4)CC3)nc3cccnc32)cc1. The molecule has 0 radical (unpaired) electrons. The number of carbonyl (C=O) groups is 1. The number of fused-ring (bicyclic) bond motifs is 1. The highest BCUT2D eigenvalue weighted by molar-refractivity contribution is 5.75. The molecule has 2 aromatic heterocycles. The lowest BCUT2D eigenvalue weighted by Gasteiger charge is -2.35. The Balaban J connectivity index is 1.31. The smallest absolute Gasteiger partial charge is 0.317 e. The molecule has 1 fully saturated rings. The molecule has 0 bridgehead atoms. The normalized spacial score (nSPS) is 13.7. The standard InChI is InChI=1S/C27H27FN6O2/c1-19-4-6-21(7-5-19)18-34-24-23(3-2-12-29-24)31-25(26(34)35)32-13-15-33(16-14-32)27(36)30-17-20-8-10-22(28)11-9-20/h2-12H,13-18H2,1H3,(H,30,36). The van der Waals surface area contributed by atoms with Gasteiger partial charge in [0.2, 0.25) is 0 Å². The molecule has 5 rings (SSSR count). The summed E-state index contributed by atoms with van der Waals surface area (Å²) in [5.74, 6) is 0.0613. The van der Waals surface area contributed by atoms with Crippen molar-refractivity contribution in [1.29, 1.82) is 0 Å².